The molecule has 2 aromatic carbocycles. The molecule has 4 saturated heterocycles. The molecule has 2 N–H and O–H groups in total. The third kappa shape index (κ3) is 16.8. The molecule has 2 aromatic rings. The molecule has 4 aliphatic rings. The fourth-order valence-electron chi connectivity index (χ4n) is 5.22. The number of nitrogens with zero attached hydrogens (tertiary/aromatic N) is 2. The third-order valence-electron chi connectivity index (χ3n) is 7.71. The molecule has 0 aromatic heterocycles. The molecule has 0 aliphatic carbocycles. The summed E-state index contributed by atoms with van der Waals surface area (Å²) in [4.78, 5) is 11.5. The number of halogens is 2. The summed E-state index contributed by atoms with van der Waals surface area (Å²) in [6.45, 7) is 5.98. The smallest absolute Gasteiger partial charge is 0.235 e. The van der Waals surface area contributed by atoms with E-state index in [0.717, 1.165) is 50.2 Å². The van der Waals surface area contributed by atoms with Crippen molar-refractivity contribution in [3.63, 3.8) is 0 Å². The first-order valence-corrected chi connectivity index (χ1v) is 20.3. The van der Waals surface area contributed by atoms with E-state index in [2.05, 4.69) is 10.6 Å². The summed E-state index contributed by atoms with van der Waals surface area (Å²) >= 11 is 11.6. The first kappa shape index (κ1) is 42.4. The van der Waals surface area contributed by atoms with E-state index in [1.54, 1.807) is 12.1 Å². The van der Waals surface area contributed by atoms with Crippen LogP contribution in [-0.4, -0.2) is 124 Å². The number of benzene rings is 2. The Kier molecular flexibility index (Phi) is 19.0. The lowest BCUT2D eigenvalue weighted by Gasteiger charge is -2.32. The Bertz CT molecular complexity index is 1420. The average molecular weight is 747 g/mol. The molecule has 0 saturated carbocycles. The van der Waals surface area contributed by atoms with Crippen LogP contribution in [0, 0.1) is 0 Å². The van der Waals surface area contributed by atoms with Crippen molar-refractivity contribution in [2.75, 3.05) is 71.7 Å². The molecule has 2 atom stereocenters. The van der Waals surface area contributed by atoms with Gasteiger partial charge in [-0.05, 0) is 73.9 Å². The van der Waals surface area contributed by atoms with Crippen LogP contribution < -0.4 is 10.6 Å². The van der Waals surface area contributed by atoms with Gasteiger partial charge in [0.25, 0.3) is 0 Å². The van der Waals surface area contributed by atoms with Crippen LogP contribution in [0.15, 0.2) is 48.5 Å². The number of sulfonamides is 2. The largest absolute Gasteiger partial charge is 0.381 e. The fraction of sp³-hybridized carbons (Fsp3) is 0.594. The van der Waals surface area contributed by atoms with Gasteiger partial charge in [0, 0.05) is 83.1 Å². The first-order chi connectivity index (χ1) is 22.3. The van der Waals surface area contributed by atoms with Crippen molar-refractivity contribution < 1.29 is 31.1 Å². The second-order valence-corrected chi connectivity index (χ2v) is 16.7. The Labute approximate surface area is 298 Å². The van der Waals surface area contributed by atoms with Crippen molar-refractivity contribution >= 4 is 57.6 Å². The number of rotatable bonds is 6. The highest BCUT2D eigenvalue weighted by Crippen LogP contribution is 2.15. The number of nitrogens with one attached hydrogen (secondary N) is 2. The lowest BCUT2D eigenvalue weighted by Crippen LogP contribution is -2.56. The van der Waals surface area contributed by atoms with Gasteiger partial charge in [0.1, 0.15) is 0 Å². The predicted molar refractivity (Wildman–Crippen MR) is 193 cm³/mol. The number of carbonyl (C=O) groups is 1. The maximum Gasteiger partial charge on any atom is 0.235 e. The molecular weight excluding hydrogens is 698 g/mol. The lowest BCUT2D eigenvalue weighted by molar-refractivity contribution is -0.123. The summed E-state index contributed by atoms with van der Waals surface area (Å²) in [5.41, 5.74) is 2.16. The number of hydrogen-bond donors (Lipinski definition) is 2. The first-order valence-electron chi connectivity index (χ1n) is 15.9. The Balaban J connectivity index is 0.000000254. The van der Waals surface area contributed by atoms with Gasteiger partial charge < -0.3 is 20.1 Å². The van der Waals surface area contributed by atoms with Crippen molar-refractivity contribution in [3.05, 3.63) is 69.7 Å². The summed E-state index contributed by atoms with van der Waals surface area (Å²) in [5, 5.41) is 7.51. The average Bonchev–Trinajstić information content (AvgIpc) is 3.79. The summed E-state index contributed by atoms with van der Waals surface area (Å²) in [6, 6.07) is 14.9. The van der Waals surface area contributed by atoms with Gasteiger partial charge in [-0.15, -0.1) is 0 Å². The van der Waals surface area contributed by atoms with Gasteiger partial charge in [0.15, 0.2) is 0 Å². The van der Waals surface area contributed by atoms with Crippen LogP contribution in [0.4, 0.5) is 0 Å². The number of ether oxygens (including phenoxy) is 2. The zero-order chi connectivity index (χ0) is 34.3. The topological polar surface area (TPSA) is 134 Å². The quantitative estimate of drug-likeness (QED) is 0.432. The van der Waals surface area contributed by atoms with Crippen molar-refractivity contribution in [2.45, 2.75) is 50.6 Å². The second kappa shape index (κ2) is 21.5. The SMILES string of the molecule is C1CCOC1.C1CCOC1.CS(=O)(=O)N1CC(=O)N[C@@H](Cc2ccc(Cl)cc2)C1.CS(=O)(=O)N1CCN[C@@H](Cc2ccc(Cl)cc2)C1.[B]. The van der Waals surface area contributed by atoms with Gasteiger partial charge in [0.2, 0.25) is 26.0 Å². The van der Waals surface area contributed by atoms with Gasteiger partial charge in [-0.1, -0.05) is 47.5 Å². The molecular formula is C32H48BCl2N4O7S2. The van der Waals surface area contributed by atoms with Crippen molar-refractivity contribution in [3.8, 4) is 0 Å². The lowest BCUT2D eigenvalue weighted by atomic mass is 10.0. The monoisotopic (exact) mass is 745 g/mol. The van der Waals surface area contributed by atoms with Crippen LogP contribution in [0.25, 0.3) is 0 Å². The molecule has 4 aliphatic heterocycles. The molecule has 4 heterocycles. The van der Waals surface area contributed by atoms with E-state index >= 15 is 0 Å². The number of amides is 1. The van der Waals surface area contributed by atoms with Gasteiger partial charge >= 0.3 is 0 Å². The number of piperazine rings is 2. The van der Waals surface area contributed by atoms with Crippen LogP contribution in [0.1, 0.15) is 36.8 Å². The van der Waals surface area contributed by atoms with E-state index in [1.807, 2.05) is 36.4 Å². The molecule has 0 bridgehead atoms. The molecule has 4 fully saturated rings. The zero-order valence-electron chi connectivity index (χ0n) is 27.8. The minimum absolute atomic E-state index is 0. The molecule has 11 nitrogen and oxygen atoms in total. The van der Waals surface area contributed by atoms with E-state index in [1.165, 1.54) is 40.5 Å². The Morgan fingerprint density at radius 2 is 1.12 bits per heavy atom. The van der Waals surface area contributed by atoms with Crippen LogP contribution in [0.3, 0.4) is 0 Å². The number of hydrogen-bond acceptors (Lipinski definition) is 8. The van der Waals surface area contributed by atoms with Gasteiger partial charge in [-0.3, -0.25) is 4.79 Å². The number of carbonyl (C=O) groups excluding carboxylic acids is 1. The Morgan fingerprint density at radius 1 is 0.708 bits per heavy atom. The fourth-order valence-corrected chi connectivity index (χ4v) is 7.15. The molecule has 0 spiro atoms. The van der Waals surface area contributed by atoms with Crippen molar-refractivity contribution in [2.24, 2.45) is 0 Å². The summed E-state index contributed by atoms with van der Waals surface area (Å²) in [5.74, 6) is -0.268. The normalized spacial score (nSPS) is 21.6. The Morgan fingerprint density at radius 3 is 1.52 bits per heavy atom. The molecule has 48 heavy (non-hydrogen) atoms. The molecule has 0 unspecified atom stereocenters. The highest BCUT2D eigenvalue weighted by molar-refractivity contribution is 7.88. The molecule has 3 radical (unpaired) electrons. The van der Waals surface area contributed by atoms with Gasteiger partial charge in [-0.25, -0.2) is 16.8 Å². The van der Waals surface area contributed by atoms with Gasteiger partial charge in [0.05, 0.1) is 19.1 Å². The predicted octanol–water partition coefficient (Wildman–Crippen LogP) is 2.97. The van der Waals surface area contributed by atoms with Crippen molar-refractivity contribution in [1.82, 2.24) is 19.2 Å². The molecule has 6 rings (SSSR count). The summed E-state index contributed by atoms with van der Waals surface area (Å²) in [6.07, 6.45) is 8.88. The van der Waals surface area contributed by atoms with E-state index in [0.29, 0.717) is 42.6 Å². The zero-order valence-corrected chi connectivity index (χ0v) is 30.9. The second-order valence-electron chi connectivity index (χ2n) is 11.9. The van der Waals surface area contributed by atoms with Crippen LogP contribution in [0.2, 0.25) is 10.0 Å². The standard InChI is InChI=1S/C12H15ClN2O3S.C12H17ClN2O2S.2C4H8O.B/c1-19(17,18)15-7-11(14-12(16)8-15)6-9-2-4-10(13)5-3-9;1-18(16,17)15-7-6-14-12(9-15)8-10-2-4-11(13)5-3-10;2*1-2-4-5-3-1;/h2-5,11H,6-8H2,1H3,(H,14,16);2-5,12,14H,6-9H2,1H3;2*1-4H2;/t11-;12-;;;/m00.../s1. The Hall–Kier alpha value is -1.75. The maximum absolute atomic E-state index is 11.5. The van der Waals surface area contributed by atoms with E-state index in [9.17, 15) is 21.6 Å². The maximum atomic E-state index is 11.5. The molecule has 267 valence electrons. The minimum Gasteiger partial charge on any atom is -0.381 e. The van der Waals surface area contributed by atoms with E-state index < -0.39 is 20.0 Å². The van der Waals surface area contributed by atoms with E-state index in [-0.39, 0.29) is 32.9 Å². The van der Waals surface area contributed by atoms with Crippen LogP contribution in [0.5, 0.6) is 0 Å². The molecule has 1 amide bonds. The van der Waals surface area contributed by atoms with Crippen molar-refractivity contribution in [1.29, 1.82) is 0 Å². The van der Waals surface area contributed by atoms with E-state index in [4.69, 9.17) is 32.7 Å². The van der Waals surface area contributed by atoms with Crippen LogP contribution >= 0.6 is 23.2 Å². The third-order valence-corrected chi connectivity index (χ3v) is 10.7. The van der Waals surface area contributed by atoms with Crippen LogP contribution in [-0.2, 0) is 47.2 Å². The summed E-state index contributed by atoms with van der Waals surface area (Å²) < 4.78 is 58.6. The summed E-state index contributed by atoms with van der Waals surface area (Å²) in [7, 11) is -6.42. The minimum atomic E-state index is -3.34. The highest BCUT2D eigenvalue weighted by atomic mass is 35.5. The molecule has 16 heteroatoms. The van der Waals surface area contributed by atoms with Gasteiger partial charge in [-0.2, -0.15) is 8.61 Å². The highest BCUT2D eigenvalue weighted by Gasteiger charge is 2.30.